The Kier molecular flexibility index (Phi) is 5.40. The van der Waals surface area contributed by atoms with Gasteiger partial charge in [0, 0.05) is 25.2 Å². The summed E-state index contributed by atoms with van der Waals surface area (Å²) in [6.45, 7) is 6.36. The summed E-state index contributed by atoms with van der Waals surface area (Å²) in [4.78, 5) is 14.7. The Hall–Kier alpha value is -2.18. The molecule has 0 radical (unpaired) electrons. The first-order valence-corrected chi connectivity index (χ1v) is 10.6. The molecule has 1 aliphatic rings. The van der Waals surface area contributed by atoms with Crippen molar-refractivity contribution in [2.45, 2.75) is 51.1 Å². The van der Waals surface area contributed by atoms with Gasteiger partial charge in [-0.05, 0) is 62.4 Å². The van der Waals surface area contributed by atoms with Gasteiger partial charge in [0.1, 0.15) is 0 Å². The molecule has 27 heavy (non-hydrogen) atoms. The van der Waals surface area contributed by atoms with Crippen LogP contribution in [0.25, 0.3) is 0 Å². The van der Waals surface area contributed by atoms with E-state index in [0.29, 0.717) is 12.1 Å². The van der Waals surface area contributed by atoms with E-state index < -0.39 is 10.0 Å². The lowest BCUT2D eigenvalue weighted by Crippen LogP contribution is -2.29. The molecule has 0 aromatic heterocycles. The Balaban J connectivity index is 1.83. The van der Waals surface area contributed by atoms with Crippen LogP contribution in [0.1, 0.15) is 45.5 Å². The second kappa shape index (κ2) is 7.44. The normalized spacial score (nSPS) is 14.2. The predicted octanol–water partition coefficient (Wildman–Crippen LogP) is 3.32. The van der Waals surface area contributed by atoms with E-state index in [0.717, 1.165) is 29.5 Å². The van der Waals surface area contributed by atoms with Crippen molar-refractivity contribution in [1.82, 2.24) is 9.62 Å². The number of nitrogens with one attached hydrogen (secondary N) is 1. The number of amides is 1. The smallest absolute Gasteiger partial charge is 0.254 e. The third kappa shape index (κ3) is 4.57. The van der Waals surface area contributed by atoms with Crippen molar-refractivity contribution in [3.63, 3.8) is 0 Å². The Bertz CT molecular complexity index is 979. The predicted molar refractivity (Wildman–Crippen MR) is 106 cm³/mol. The van der Waals surface area contributed by atoms with E-state index in [9.17, 15) is 13.2 Å². The molecular formula is C21H26N2O3S. The minimum Gasteiger partial charge on any atom is -0.337 e. The molecule has 1 saturated carbocycles. The van der Waals surface area contributed by atoms with Gasteiger partial charge >= 0.3 is 0 Å². The summed E-state index contributed by atoms with van der Waals surface area (Å²) in [5.74, 6) is -0.184. The van der Waals surface area contributed by atoms with E-state index in [1.54, 1.807) is 24.1 Å². The maximum absolute atomic E-state index is 13.0. The fraction of sp³-hybridized carbons (Fsp3) is 0.381. The van der Waals surface area contributed by atoms with Gasteiger partial charge in [0.25, 0.3) is 5.91 Å². The zero-order chi connectivity index (χ0) is 19.8. The van der Waals surface area contributed by atoms with Gasteiger partial charge in [0.2, 0.25) is 10.0 Å². The first-order valence-electron chi connectivity index (χ1n) is 9.12. The summed E-state index contributed by atoms with van der Waals surface area (Å²) in [7, 11) is -1.85. The highest BCUT2D eigenvalue weighted by Crippen LogP contribution is 2.24. The van der Waals surface area contributed by atoms with Crippen LogP contribution in [0, 0.1) is 20.8 Å². The number of hydrogen-bond donors (Lipinski definition) is 1. The second-order valence-electron chi connectivity index (χ2n) is 7.46. The number of carbonyl (C=O) groups excluding carboxylic acids is 1. The highest BCUT2D eigenvalue weighted by Gasteiger charge is 2.28. The van der Waals surface area contributed by atoms with Gasteiger partial charge in [0.05, 0.1) is 4.90 Å². The van der Waals surface area contributed by atoms with Crippen molar-refractivity contribution in [1.29, 1.82) is 0 Å². The lowest BCUT2D eigenvalue weighted by atomic mass is 10.0. The van der Waals surface area contributed by atoms with Crippen molar-refractivity contribution in [2.24, 2.45) is 0 Å². The van der Waals surface area contributed by atoms with Crippen molar-refractivity contribution in [2.75, 3.05) is 7.05 Å². The Morgan fingerprint density at radius 3 is 2.41 bits per heavy atom. The van der Waals surface area contributed by atoms with E-state index in [-0.39, 0.29) is 16.8 Å². The molecule has 6 heteroatoms. The Morgan fingerprint density at radius 2 is 1.78 bits per heavy atom. The zero-order valence-corrected chi connectivity index (χ0v) is 17.1. The lowest BCUT2D eigenvalue weighted by molar-refractivity contribution is 0.0784. The van der Waals surface area contributed by atoms with Crippen molar-refractivity contribution >= 4 is 15.9 Å². The molecule has 144 valence electrons. The molecule has 1 N–H and O–H groups in total. The molecule has 0 bridgehead atoms. The van der Waals surface area contributed by atoms with Crippen LogP contribution >= 0.6 is 0 Å². The quantitative estimate of drug-likeness (QED) is 0.828. The molecule has 0 heterocycles. The van der Waals surface area contributed by atoms with Gasteiger partial charge in [-0.25, -0.2) is 13.1 Å². The van der Waals surface area contributed by atoms with Crippen LogP contribution in [0.4, 0.5) is 0 Å². The number of hydrogen-bond acceptors (Lipinski definition) is 3. The monoisotopic (exact) mass is 386 g/mol. The van der Waals surface area contributed by atoms with E-state index >= 15 is 0 Å². The van der Waals surface area contributed by atoms with Gasteiger partial charge in [0.15, 0.2) is 0 Å². The van der Waals surface area contributed by atoms with Crippen LogP contribution in [0.5, 0.6) is 0 Å². The van der Waals surface area contributed by atoms with E-state index in [4.69, 9.17) is 0 Å². The van der Waals surface area contributed by atoms with Crippen molar-refractivity contribution in [3.8, 4) is 0 Å². The number of nitrogens with zero attached hydrogens (tertiary/aromatic N) is 1. The molecule has 2 aromatic rings. The topological polar surface area (TPSA) is 66.5 Å². The van der Waals surface area contributed by atoms with E-state index in [1.165, 1.54) is 11.6 Å². The highest BCUT2D eigenvalue weighted by molar-refractivity contribution is 7.89. The minimum absolute atomic E-state index is 0.0302. The minimum atomic E-state index is -3.59. The average molecular weight is 387 g/mol. The second-order valence-corrected chi connectivity index (χ2v) is 9.18. The molecule has 0 spiro atoms. The number of aryl methyl sites for hydroxylation is 3. The zero-order valence-electron chi connectivity index (χ0n) is 16.2. The highest BCUT2D eigenvalue weighted by atomic mass is 32.2. The van der Waals surface area contributed by atoms with Crippen LogP contribution in [0.3, 0.4) is 0 Å². The maximum Gasteiger partial charge on any atom is 0.254 e. The summed E-state index contributed by atoms with van der Waals surface area (Å²) in [6, 6.07) is 10.9. The number of carbonyl (C=O) groups is 1. The first-order chi connectivity index (χ1) is 12.7. The maximum atomic E-state index is 13.0. The molecule has 1 aliphatic carbocycles. The Labute approximate surface area is 161 Å². The lowest BCUT2D eigenvalue weighted by Gasteiger charge is -2.20. The van der Waals surface area contributed by atoms with Crippen molar-refractivity contribution in [3.05, 3.63) is 64.2 Å². The third-order valence-corrected chi connectivity index (χ3v) is 6.42. The molecule has 1 amide bonds. The molecule has 1 fully saturated rings. The first kappa shape index (κ1) is 19.6. The summed E-state index contributed by atoms with van der Waals surface area (Å²) in [5.41, 5.74) is 4.57. The summed E-state index contributed by atoms with van der Waals surface area (Å²) in [6.07, 6.45) is 1.74. The fourth-order valence-corrected chi connectivity index (χ4v) is 4.37. The summed E-state index contributed by atoms with van der Waals surface area (Å²) in [5, 5.41) is 0. The number of sulfonamides is 1. The molecule has 5 nitrogen and oxygen atoms in total. The fourth-order valence-electron chi connectivity index (χ4n) is 3.04. The molecule has 2 aromatic carbocycles. The number of rotatable bonds is 6. The SMILES string of the molecule is Cc1ccc(CN(C)C(=O)c2cc(S(=O)(=O)NC3CC3)ccc2C)c(C)c1. The molecule has 3 rings (SSSR count). The summed E-state index contributed by atoms with van der Waals surface area (Å²) < 4.78 is 27.6. The van der Waals surface area contributed by atoms with E-state index in [1.807, 2.05) is 32.9 Å². The Morgan fingerprint density at radius 1 is 1.07 bits per heavy atom. The largest absolute Gasteiger partial charge is 0.337 e. The number of benzene rings is 2. The summed E-state index contributed by atoms with van der Waals surface area (Å²) >= 11 is 0. The van der Waals surface area contributed by atoms with Crippen LogP contribution in [-0.4, -0.2) is 32.3 Å². The third-order valence-electron chi connectivity index (χ3n) is 4.90. The van der Waals surface area contributed by atoms with Crippen LogP contribution < -0.4 is 4.72 Å². The standard InChI is InChI=1S/C21H26N2O3S/c1-14-5-7-17(16(3)11-14)13-23(4)21(24)20-12-19(10-6-15(20)2)27(25,26)22-18-8-9-18/h5-7,10-12,18,22H,8-9,13H2,1-4H3. The van der Waals surface area contributed by atoms with Gasteiger partial charge in [-0.3, -0.25) is 4.79 Å². The van der Waals surface area contributed by atoms with Gasteiger partial charge in [-0.1, -0.05) is 29.8 Å². The molecule has 0 aliphatic heterocycles. The average Bonchev–Trinajstić information content (AvgIpc) is 3.40. The van der Waals surface area contributed by atoms with Crippen LogP contribution in [0.15, 0.2) is 41.3 Å². The van der Waals surface area contributed by atoms with Crippen LogP contribution in [-0.2, 0) is 16.6 Å². The molecule has 0 unspecified atom stereocenters. The molecule has 0 saturated heterocycles. The van der Waals surface area contributed by atoms with Gasteiger partial charge in [-0.15, -0.1) is 0 Å². The molecular weight excluding hydrogens is 360 g/mol. The van der Waals surface area contributed by atoms with Crippen LogP contribution in [0.2, 0.25) is 0 Å². The van der Waals surface area contributed by atoms with Gasteiger partial charge < -0.3 is 4.90 Å². The molecule has 0 atom stereocenters. The van der Waals surface area contributed by atoms with E-state index in [2.05, 4.69) is 10.8 Å². The van der Waals surface area contributed by atoms with Gasteiger partial charge in [-0.2, -0.15) is 0 Å². The van der Waals surface area contributed by atoms with Crippen molar-refractivity contribution < 1.29 is 13.2 Å².